The van der Waals surface area contributed by atoms with Crippen molar-refractivity contribution in [1.29, 1.82) is 5.26 Å². The molecule has 0 saturated heterocycles. The summed E-state index contributed by atoms with van der Waals surface area (Å²) in [5.41, 5.74) is -0.709. The van der Waals surface area contributed by atoms with Crippen molar-refractivity contribution in [3.05, 3.63) is 75.8 Å². The minimum atomic E-state index is -4.57. The van der Waals surface area contributed by atoms with Gasteiger partial charge in [0.25, 0.3) is 5.91 Å². The van der Waals surface area contributed by atoms with Gasteiger partial charge in [-0.1, -0.05) is 23.7 Å². The molecule has 11 heteroatoms. The van der Waals surface area contributed by atoms with E-state index in [2.05, 4.69) is 10.3 Å². The van der Waals surface area contributed by atoms with E-state index >= 15 is 0 Å². The van der Waals surface area contributed by atoms with Gasteiger partial charge in [-0.2, -0.15) is 18.4 Å². The van der Waals surface area contributed by atoms with Gasteiger partial charge in [-0.15, -0.1) is 11.3 Å². The summed E-state index contributed by atoms with van der Waals surface area (Å²) in [6, 6.07) is 12.4. The molecule has 0 aliphatic heterocycles. The topological polar surface area (TPSA) is 86.1 Å². The lowest BCUT2D eigenvalue weighted by Crippen LogP contribution is -2.22. The van der Waals surface area contributed by atoms with E-state index < -0.39 is 17.6 Å². The summed E-state index contributed by atoms with van der Waals surface area (Å²) in [4.78, 5) is 30.2. The molecule has 0 aliphatic rings. The normalized spacial score (nSPS) is 11.6. The van der Waals surface area contributed by atoms with Crippen LogP contribution in [0.3, 0.4) is 0 Å². The highest BCUT2D eigenvalue weighted by Crippen LogP contribution is 2.32. The van der Waals surface area contributed by atoms with Crippen molar-refractivity contribution in [1.82, 2.24) is 4.98 Å². The fraction of sp³-hybridized carbons (Fsp3) is 0.0909. The quantitative estimate of drug-likeness (QED) is 0.348. The summed E-state index contributed by atoms with van der Waals surface area (Å²) in [6.07, 6.45) is -3.39. The van der Waals surface area contributed by atoms with Crippen LogP contribution in [0.2, 0.25) is 5.02 Å². The van der Waals surface area contributed by atoms with Crippen molar-refractivity contribution in [2.75, 3.05) is 10.2 Å². The van der Waals surface area contributed by atoms with Gasteiger partial charge in [0.05, 0.1) is 16.9 Å². The standard InChI is InChI=1S/C22H14ClF3N4O2S/c1-13(31)30(19-7-3-5-16(23)10-19)21-29-18(12-33-21)8-14(11-27)20(32)28-17-6-2-4-15(9-17)22(24,25)26/h2-10,12H,1H3,(H,28,32)/b14-8+. The number of benzene rings is 2. The van der Waals surface area contributed by atoms with Gasteiger partial charge in [0, 0.05) is 23.0 Å². The number of amides is 2. The Hall–Kier alpha value is -3.68. The number of carbonyl (C=O) groups excluding carboxylic acids is 2. The number of alkyl halides is 3. The first-order valence-corrected chi connectivity index (χ1v) is 10.5. The maximum atomic E-state index is 12.9. The number of halogens is 4. The maximum Gasteiger partial charge on any atom is 0.416 e. The van der Waals surface area contributed by atoms with Gasteiger partial charge in [-0.3, -0.25) is 14.5 Å². The van der Waals surface area contributed by atoms with E-state index in [1.165, 1.54) is 29.3 Å². The van der Waals surface area contributed by atoms with E-state index in [-0.39, 0.29) is 28.0 Å². The Balaban J connectivity index is 1.84. The molecule has 0 radical (unpaired) electrons. The number of anilines is 3. The zero-order chi connectivity index (χ0) is 24.2. The highest BCUT2D eigenvalue weighted by atomic mass is 35.5. The molecule has 3 rings (SSSR count). The molecule has 2 amide bonds. The summed E-state index contributed by atoms with van der Waals surface area (Å²) in [5.74, 6) is -1.23. The molecule has 2 aromatic carbocycles. The van der Waals surface area contributed by atoms with Gasteiger partial charge in [0.15, 0.2) is 5.13 Å². The Morgan fingerprint density at radius 3 is 2.58 bits per heavy atom. The number of nitriles is 1. The van der Waals surface area contributed by atoms with Crippen molar-refractivity contribution < 1.29 is 22.8 Å². The number of nitrogens with one attached hydrogen (secondary N) is 1. The van der Waals surface area contributed by atoms with E-state index in [0.29, 0.717) is 10.7 Å². The highest BCUT2D eigenvalue weighted by molar-refractivity contribution is 7.14. The summed E-state index contributed by atoms with van der Waals surface area (Å²) in [7, 11) is 0. The van der Waals surface area contributed by atoms with Crippen molar-refractivity contribution >= 4 is 57.3 Å². The fourth-order valence-electron chi connectivity index (χ4n) is 2.76. The van der Waals surface area contributed by atoms with Crippen LogP contribution in [-0.2, 0) is 15.8 Å². The number of hydrogen-bond acceptors (Lipinski definition) is 5. The Morgan fingerprint density at radius 1 is 1.21 bits per heavy atom. The minimum Gasteiger partial charge on any atom is -0.321 e. The zero-order valence-corrected chi connectivity index (χ0v) is 18.4. The Morgan fingerprint density at radius 2 is 1.94 bits per heavy atom. The first-order valence-electron chi connectivity index (χ1n) is 9.20. The molecule has 0 bridgehead atoms. The van der Waals surface area contributed by atoms with Gasteiger partial charge in [0.1, 0.15) is 11.6 Å². The number of rotatable bonds is 5. The molecule has 0 unspecified atom stereocenters. The molecule has 6 nitrogen and oxygen atoms in total. The molecule has 33 heavy (non-hydrogen) atoms. The second-order valence-corrected chi connectivity index (χ2v) is 7.86. The number of aromatic nitrogens is 1. The molecule has 0 fully saturated rings. The molecular weight excluding hydrogens is 477 g/mol. The lowest BCUT2D eigenvalue weighted by atomic mass is 10.1. The molecular formula is C22H14ClF3N4O2S. The largest absolute Gasteiger partial charge is 0.416 e. The van der Waals surface area contributed by atoms with Crippen molar-refractivity contribution in [2.45, 2.75) is 13.1 Å². The third-order valence-electron chi connectivity index (χ3n) is 4.19. The van der Waals surface area contributed by atoms with Crippen LogP contribution >= 0.6 is 22.9 Å². The number of carbonyl (C=O) groups is 2. The minimum absolute atomic E-state index is 0.112. The molecule has 0 aliphatic carbocycles. The third-order valence-corrected chi connectivity index (χ3v) is 5.27. The number of thiazole rings is 1. The first kappa shape index (κ1) is 24.0. The van der Waals surface area contributed by atoms with Gasteiger partial charge in [0.2, 0.25) is 5.91 Å². The molecule has 1 heterocycles. The van der Waals surface area contributed by atoms with Crippen LogP contribution in [0.25, 0.3) is 6.08 Å². The van der Waals surface area contributed by atoms with Gasteiger partial charge in [-0.25, -0.2) is 4.98 Å². The Labute approximate surface area is 195 Å². The Bertz CT molecular complexity index is 1280. The lowest BCUT2D eigenvalue weighted by Gasteiger charge is -2.18. The average Bonchev–Trinajstić information content (AvgIpc) is 3.19. The lowest BCUT2D eigenvalue weighted by molar-refractivity contribution is -0.137. The second kappa shape index (κ2) is 9.85. The summed E-state index contributed by atoms with van der Waals surface area (Å²) in [5, 5.41) is 13.9. The number of nitrogens with zero attached hydrogens (tertiary/aromatic N) is 3. The molecule has 1 N–H and O–H groups in total. The van der Waals surface area contributed by atoms with Crippen LogP contribution < -0.4 is 10.2 Å². The van der Waals surface area contributed by atoms with Gasteiger partial charge >= 0.3 is 6.18 Å². The smallest absolute Gasteiger partial charge is 0.321 e. The maximum absolute atomic E-state index is 12.9. The van der Waals surface area contributed by atoms with Crippen molar-refractivity contribution in [3.8, 4) is 6.07 Å². The van der Waals surface area contributed by atoms with E-state index in [1.54, 1.807) is 30.3 Å². The monoisotopic (exact) mass is 490 g/mol. The molecule has 0 saturated carbocycles. The van der Waals surface area contributed by atoms with Crippen LogP contribution in [-0.4, -0.2) is 16.8 Å². The summed E-state index contributed by atoms with van der Waals surface area (Å²) in [6.45, 7) is 1.35. The summed E-state index contributed by atoms with van der Waals surface area (Å²) < 4.78 is 38.6. The van der Waals surface area contributed by atoms with Crippen molar-refractivity contribution in [2.24, 2.45) is 0 Å². The molecule has 0 spiro atoms. The van der Waals surface area contributed by atoms with Gasteiger partial charge < -0.3 is 5.32 Å². The number of hydrogen-bond donors (Lipinski definition) is 1. The predicted molar refractivity (Wildman–Crippen MR) is 120 cm³/mol. The predicted octanol–water partition coefficient (Wildman–Crippen LogP) is 6.05. The second-order valence-electron chi connectivity index (χ2n) is 6.59. The van der Waals surface area contributed by atoms with E-state index in [0.717, 1.165) is 29.5 Å². The van der Waals surface area contributed by atoms with Crippen LogP contribution in [0.5, 0.6) is 0 Å². The third kappa shape index (κ3) is 5.97. The van der Waals surface area contributed by atoms with Crippen LogP contribution in [0.4, 0.5) is 29.7 Å². The average molecular weight is 491 g/mol. The molecule has 0 atom stereocenters. The molecule has 3 aromatic rings. The zero-order valence-electron chi connectivity index (χ0n) is 16.9. The Kier molecular flexibility index (Phi) is 7.16. The molecule has 1 aromatic heterocycles. The van der Waals surface area contributed by atoms with E-state index in [9.17, 15) is 28.0 Å². The SMILES string of the molecule is CC(=O)N(c1cccc(Cl)c1)c1nc(/C=C(\C#N)C(=O)Nc2cccc(C(F)(F)F)c2)cs1. The van der Waals surface area contributed by atoms with Crippen molar-refractivity contribution in [3.63, 3.8) is 0 Å². The van der Waals surface area contributed by atoms with E-state index in [4.69, 9.17) is 11.6 Å². The van der Waals surface area contributed by atoms with E-state index in [1.807, 2.05) is 0 Å². The van der Waals surface area contributed by atoms with Crippen LogP contribution in [0.15, 0.2) is 59.5 Å². The van der Waals surface area contributed by atoms with Gasteiger partial charge in [-0.05, 0) is 42.5 Å². The van der Waals surface area contributed by atoms with Crippen LogP contribution in [0, 0.1) is 11.3 Å². The fourth-order valence-corrected chi connectivity index (χ4v) is 3.78. The van der Waals surface area contributed by atoms with Crippen LogP contribution in [0.1, 0.15) is 18.2 Å². The summed E-state index contributed by atoms with van der Waals surface area (Å²) >= 11 is 7.10. The molecule has 168 valence electrons. The first-order chi connectivity index (χ1) is 15.6. The highest BCUT2D eigenvalue weighted by Gasteiger charge is 2.30.